The molecule has 0 atom stereocenters. The summed E-state index contributed by atoms with van der Waals surface area (Å²) in [6.07, 6.45) is 1.22. The minimum Gasteiger partial charge on any atom is -0.369 e. The average Bonchev–Trinajstić information content (AvgIpc) is 2.27. The van der Waals surface area contributed by atoms with Crippen molar-refractivity contribution in [1.82, 2.24) is 4.98 Å². The standard InChI is InChI=1S/C12H14N2O2S/c1-17(15,16)9-8-13-12-7-6-10-4-2-3-5-11(10)14-12/h2-7H,8-9H2,1H3,(H,13,14). The fourth-order valence-electron chi connectivity index (χ4n) is 1.53. The van der Waals surface area contributed by atoms with E-state index < -0.39 is 9.84 Å². The van der Waals surface area contributed by atoms with E-state index in [9.17, 15) is 8.42 Å². The van der Waals surface area contributed by atoms with Crippen LogP contribution >= 0.6 is 0 Å². The molecule has 0 unspecified atom stereocenters. The van der Waals surface area contributed by atoms with Crippen LogP contribution in [-0.2, 0) is 9.84 Å². The molecule has 90 valence electrons. The molecule has 1 heterocycles. The molecule has 0 saturated carbocycles. The van der Waals surface area contributed by atoms with Crippen molar-refractivity contribution < 1.29 is 8.42 Å². The fraction of sp³-hybridized carbons (Fsp3) is 0.250. The Labute approximate surface area is 101 Å². The Bertz CT molecular complexity index is 623. The summed E-state index contributed by atoms with van der Waals surface area (Å²) in [5.74, 6) is 0.814. The lowest BCUT2D eigenvalue weighted by Crippen LogP contribution is -2.14. The number of hydrogen-bond acceptors (Lipinski definition) is 4. The maximum absolute atomic E-state index is 11.0. The summed E-state index contributed by atoms with van der Waals surface area (Å²) in [5.41, 5.74) is 0.900. The topological polar surface area (TPSA) is 59.1 Å². The molecule has 0 amide bonds. The molecular formula is C12H14N2O2S. The zero-order chi connectivity index (χ0) is 12.3. The highest BCUT2D eigenvalue weighted by Gasteiger charge is 2.02. The van der Waals surface area contributed by atoms with Crippen molar-refractivity contribution in [1.29, 1.82) is 0 Å². The van der Waals surface area contributed by atoms with Crippen LogP contribution < -0.4 is 5.32 Å². The molecule has 1 N–H and O–H groups in total. The quantitative estimate of drug-likeness (QED) is 0.897. The zero-order valence-corrected chi connectivity index (χ0v) is 10.4. The molecule has 2 rings (SSSR count). The van der Waals surface area contributed by atoms with E-state index in [1.807, 2.05) is 36.4 Å². The Morgan fingerprint density at radius 2 is 1.94 bits per heavy atom. The Morgan fingerprint density at radius 3 is 2.71 bits per heavy atom. The number of anilines is 1. The van der Waals surface area contributed by atoms with Crippen LogP contribution in [0.2, 0.25) is 0 Å². The van der Waals surface area contributed by atoms with E-state index >= 15 is 0 Å². The van der Waals surface area contributed by atoms with Gasteiger partial charge in [0.2, 0.25) is 0 Å². The van der Waals surface area contributed by atoms with E-state index in [1.165, 1.54) is 6.26 Å². The molecule has 0 fully saturated rings. The van der Waals surface area contributed by atoms with Gasteiger partial charge in [0.05, 0.1) is 11.3 Å². The summed E-state index contributed by atoms with van der Waals surface area (Å²) < 4.78 is 21.9. The second-order valence-electron chi connectivity index (χ2n) is 3.95. The van der Waals surface area contributed by atoms with Crippen LogP contribution in [0, 0.1) is 0 Å². The Morgan fingerprint density at radius 1 is 1.18 bits per heavy atom. The predicted molar refractivity (Wildman–Crippen MR) is 69.9 cm³/mol. The van der Waals surface area contributed by atoms with Gasteiger partial charge in [-0.05, 0) is 18.2 Å². The summed E-state index contributed by atoms with van der Waals surface area (Å²) >= 11 is 0. The summed E-state index contributed by atoms with van der Waals surface area (Å²) in [6.45, 7) is 0.379. The molecule has 5 heteroatoms. The fourth-order valence-corrected chi connectivity index (χ4v) is 2.00. The third-order valence-corrected chi connectivity index (χ3v) is 3.32. The second kappa shape index (κ2) is 4.71. The highest BCUT2D eigenvalue weighted by molar-refractivity contribution is 7.90. The van der Waals surface area contributed by atoms with Crippen molar-refractivity contribution in [2.75, 3.05) is 23.9 Å². The van der Waals surface area contributed by atoms with Gasteiger partial charge in [-0.3, -0.25) is 0 Å². The SMILES string of the molecule is CS(=O)(=O)CCNc1ccc2ccccc2n1. The van der Waals surface area contributed by atoms with Crippen molar-refractivity contribution >= 4 is 26.6 Å². The number of sulfone groups is 1. The van der Waals surface area contributed by atoms with Crippen molar-refractivity contribution in [3.8, 4) is 0 Å². The minimum absolute atomic E-state index is 0.113. The maximum atomic E-state index is 11.0. The average molecular weight is 250 g/mol. The van der Waals surface area contributed by atoms with Gasteiger partial charge < -0.3 is 5.32 Å². The Hall–Kier alpha value is -1.62. The zero-order valence-electron chi connectivity index (χ0n) is 9.55. The van der Waals surface area contributed by atoms with Gasteiger partial charge in [-0.1, -0.05) is 18.2 Å². The van der Waals surface area contributed by atoms with Crippen LogP contribution in [-0.4, -0.2) is 32.0 Å². The molecule has 1 aromatic carbocycles. The first-order valence-electron chi connectivity index (χ1n) is 5.32. The van der Waals surface area contributed by atoms with Crippen LogP contribution in [0.1, 0.15) is 0 Å². The first kappa shape index (κ1) is 11.9. The summed E-state index contributed by atoms with van der Waals surface area (Å²) in [7, 11) is -2.93. The van der Waals surface area contributed by atoms with Crippen LogP contribution in [0.15, 0.2) is 36.4 Å². The van der Waals surface area contributed by atoms with E-state index in [1.54, 1.807) is 0 Å². The molecule has 17 heavy (non-hydrogen) atoms. The predicted octanol–water partition coefficient (Wildman–Crippen LogP) is 1.69. The number of rotatable bonds is 4. The largest absolute Gasteiger partial charge is 0.369 e. The van der Waals surface area contributed by atoms with Gasteiger partial charge in [-0.25, -0.2) is 13.4 Å². The molecule has 0 bridgehead atoms. The second-order valence-corrected chi connectivity index (χ2v) is 6.21. The van der Waals surface area contributed by atoms with Crippen molar-refractivity contribution in [3.05, 3.63) is 36.4 Å². The molecule has 4 nitrogen and oxygen atoms in total. The number of hydrogen-bond donors (Lipinski definition) is 1. The number of pyridine rings is 1. The van der Waals surface area contributed by atoms with E-state index in [-0.39, 0.29) is 5.75 Å². The van der Waals surface area contributed by atoms with E-state index in [0.29, 0.717) is 12.4 Å². The van der Waals surface area contributed by atoms with Crippen LogP contribution in [0.5, 0.6) is 0 Å². The number of fused-ring (bicyclic) bond motifs is 1. The van der Waals surface area contributed by atoms with Gasteiger partial charge in [-0.2, -0.15) is 0 Å². The molecule has 0 saturated heterocycles. The molecule has 0 spiro atoms. The minimum atomic E-state index is -2.93. The van der Waals surface area contributed by atoms with Crippen molar-refractivity contribution in [3.63, 3.8) is 0 Å². The third kappa shape index (κ3) is 3.42. The molecular weight excluding hydrogens is 236 g/mol. The molecule has 0 aliphatic heterocycles. The molecule has 0 aliphatic carbocycles. The number of benzene rings is 1. The summed E-state index contributed by atoms with van der Waals surface area (Å²) in [5, 5.41) is 4.07. The molecule has 2 aromatic rings. The van der Waals surface area contributed by atoms with E-state index in [4.69, 9.17) is 0 Å². The summed E-state index contributed by atoms with van der Waals surface area (Å²) in [6, 6.07) is 11.6. The molecule has 0 aliphatic rings. The van der Waals surface area contributed by atoms with Gasteiger partial charge in [0.15, 0.2) is 0 Å². The van der Waals surface area contributed by atoms with Crippen LogP contribution in [0.3, 0.4) is 0 Å². The monoisotopic (exact) mass is 250 g/mol. The Kier molecular flexibility index (Phi) is 3.28. The van der Waals surface area contributed by atoms with E-state index in [2.05, 4.69) is 10.3 Å². The third-order valence-electron chi connectivity index (χ3n) is 2.38. The van der Waals surface area contributed by atoms with Crippen LogP contribution in [0.4, 0.5) is 5.82 Å². The lowest BCUT2D eigenvalue weighted by molar-refractivity contribution is 0.602. The molecule has 1 aromatic heterocycles. The first-order valence-corrected chi connectivity index (χ1v) is 7.38. The van der Waals surface area contributed by atoms with Gasteiger partial charge in [-0.15, -0.1) is 0 Å². The van der Waals surface area contributed by atoms with Gasteiger partial charge in [0.1, 0.15) is 15.7 Å². The lowest BCUT2D eigenvalue weighted by Gasteiger charge is -2.05. The lowest BCUT2D eigenvalue weighted by atomic mass is 10.2. The maximum Gasteiger partial charge on any atom is 0.149 e. The normalized spacial score (nSPS) is 11.6. The Balaban J connectivity index is 2.09. The van der Waals surface area contributed by atoms with E-state index in [0.717, 1.165) is 10.9 Å². The van der Waals surface area contributed by atoms with Crippen molar-refractivity contribution in [2.24, 2.45) is 0 Å². The van der Waals surface area contributed by atoms with Gasteiger partial charge in [0.25, 0.3) is 0 Å². The van der Waals surface area contributed by atoms with Crippen LogP contribution in [0.25, 0.3) is 10.9 Å². The molecule has 0 radical (unpaired) electrons. The highest BCUT2D eigenvalue weighted by Crippen LogP contribution is 2.14. The highest BCUT2D eigenvalue weighted by atomic mass is 32.2. The summed E-state index contributed by atoms with van der Waals surface area (Å²) in [4.78, 5) is 4.39. The number of nitrogens with one attached hydrogen (secondary N) is 1. The smallest absolute Gasteiger partial charge is 0.149 e. The van der Waals surface area contributed by atoms with Crippen molar-refractivity contribution in [2.45, 2.75) is 0 Å². The number of para-hydroxylation sites is 1. The number of nitrogens with zero attached hydrogens (tertiary/aromatic N) is 1. The van der Waals surface area contributed by atoms with Gasteiger partial charge in [0, 0.05) is 18.2 Å². The first-order chi connectivity index (χ1) is 8.04. The van der Waals surface area contributed by atoms with Gasteiger partial charge >= 0.3 is 0 Å². The number of aromatic nitrogens is 1.